The van der Waals surface area contributed by atoms with Gasteiger partial charge in [0.2, 0.25) is 0 Å². The van der Waals surface area contributed by atoms with E-state index in [0.717, 1.165) is 31.1 Å². The molecule has 2 nitrogen and oxygen atoms in total. The number of unbranched alkanes of at least 4 members (excludes halogenated alkanes) is 3. The Morgan fingerprint density at radius 3 is 2.53 bits per heavy atom. The van der Waals surface area contributed by atoms with Crippen molar-refractivity contribution in [3.63, 3.8) is 0 Å². The minimum absolute atomic E-state index is 0.0801. The second-order valence-corrected chi connectivity index (χ2v) is 10.1. The van der Waals surface area contributed by atoms with Gasteiger partial charge in [0.25, 0.3) is 0 Å². The summed E-state index contributed by atoms with van der Waals surface area (Å²) in [5, 5.41) is 0.788. The molecule has 2 aliphatic carbocycles. The average Bonchev–Trinajstić information content (AvgIpc) is 2.83. The fourth-order valence-electron chi connectivity index (χ4n) is 6.28. The summed E-state index contributed by atoms with van der Waals surface area (Å²) in [7, 11) is 1.28. The molecule has 0 heterocycles. The summed E-state index contributed by atoms with van der Waals surface area (Å²) in [5.41, 5.74) is 0.749. The standard InChI is InChI=1S/C28H36F2O2/c1-3-4-5-6-7-18-8-9-20-15-21(11-10-19(20)14-18)24-16-22-12-13-23(28(31)32-2)17-25(22)27(30)26(24)29/h12-13,16-21H,3-11,14-15H2,1-2H3/t18?,19-,20+,21?/m0/s1. The summed E-state index contributed by atoms with van der Waals surface area (Å²) in [4.78, 5) is 11.8. The Morgan fingerprint density at radius 2 is 1.75 bits per heavy atom. The first kappa shape index (κ1) is 23.2. The first-order chi connectivity index (χ1) is 15.5. The minimum Gasteiger partial charge on any atom is -0.465 e. The van der Waals surface area contributed by atoms with Gasteiger partial charge in [-0.25, -0.2) is 13.6 Å². The van der Waals surface area contributed by atoms with E-state index in [2.05, 4.69) is 6.92 Å². The van der Waals surface area contributed by atoms with Crippen LogP contribution >= 0.6 is 0 Å². The van der Waals surface area contributed by atoms with Gasteiger partial charge < -0.3 is 4.74 Å². The minimum atomic E-state index is -0.846. The number of carbonyl (C=O) groups excluding carboxylic acids is 1. The number of benzene rings is 2. The van der Waals surface area contributed by atoms with Gasteiger partial charge in [-0.15, -0.1) is 0 Å². The first-order valence-corrected chi connectivity index (χ1v) is 12.5. The van der Waals surface area contributed by atoms with Crippen LogP contribution in [-0.4, -0.2) is 13.1 Å². The van der Waals surface area contributed by atoms with Crippen LogP contribution in [0.4, 0.5) is 8.78 Å². The number of hydrogen-bond acceptors (Lipinski definition) is 2. The maximum atomic E-state index is 15.1. The van der Waals surface area contributed by atoms with Crippen molar-refractivity contribution in [1.29, 1.82) is 0 Å². The van der Waals surface area contributed by atoms with Gasteiger partial charge in [-0.05, 0) is 84.9 Å². The Kier molecular flexibility index (Phi) is 7.48. The van der Waals surface area contributed by atoms with E-state index in [1.165, 1.54) is 64.5 Å². The van der Waals surface area contributed by atoms with Crippen LogP contribution < -0.4 is 0 Å². The number of esters is 1. The summed E-state index contributed by atoms with van der Waals surface area (Å²) < 4.78 is 34.8. The van der Waals surface area contributed by atoms with Crippen molar-refractivity contribution in [2.24, 2.45) is 17.8 Å². The van der Waals surface area contributed by atoms with Crippen LogP contribution in [0.25, 0.3) is 10.8 Å². The molecule has 0 amide bonds. The van der Waals surface area contributed by atoms with E-state index < -0.39 is 17.6 Å². The third-order valence-corrected chi connectivity index (χ3v) is 8.10. The van der Waals surface area contributed by atoms with E-state index in [9.17, 15) is 9.18 Å². The van der Waals surface area contributed by atoms with Crippen LogP contribution in [0.5, 0.6) is 0 Å². The molecule has 4 heteroatoms. The lowest BCUT2D eigenvalue weighted by molar-refractivity contribution is 0.0601. The average molecular weight is 443 g/mol. The zero-order valence-corrected chi connectivity index (χ0v) is 19.5. The lowest BCUT2D eigenvalue weighted by atomic mass is 9.63. The van der Waals surface area contributed by atoms with E-state index in [1.807, 2.05) is 0 Å². The zero-order chi connectivity index (χ0) is 22.7. The van der Waals surface area contributed by atoms with Crippen molar-refractivity contribution in [3.8, 4) is 0 Å². The van der Waals surface area contributed by atoms with E-state index in [1.54, 1.807) is 18.2 Å². The molecule has 4 rings (SSSR count). The van der Waals surface area contributed by atoms with Crippen LogP contribution in [-0.2, 0) is 4.74 Å². The summed E-state index contributed by atoms with van der Waals surface area (Å²) in [6, 6.07) is 6.51. The van der Waals surface area contributed by atoms with Crippen molar-refractivity contribution in [2.75, 3.05) is 7.11 Å². The molecule has 2 aromatic rings. The molecule has 174 valence electrons. The molecule has 0 radical (unpaired) electrons. The predicted molar refractivity (Wildman–Crippen MR) is 125 cm³/mol. The highest BCUT2D eigenvalue weighted by molar-refractivity contribution is 5.95. The summed E-state index contributed by atoms with van der Waals surface area (Å²) in [6.07, 6.45) is 13.6. The predicted octanol–water partition coefficient (Wildman–Crippen LogP) is 8.18. The molecule has 0 saturated heterocycles. The first-order valence-electron chi connectivity index (χ1n) is 12.5. The monoisotopic (exact) mass is 442 g/mol. The Hall–Kier alpha value is -1.97. The molecule has 4 atom stereocenters. The molecule has 2 unspecified atom stereocenters. The topological polar surface area (TPSA) is 26.3 Å². The van der Waals surface area contributed by atoms with E-state index in [-0.39, 0.29) is 16.9 Å². The van der Waals surface area contributed by atoms with Gasteiger partial charge in [0.05, 0.1) is 12.7 Å². The second-order valence-electron chi connectivity index (χ2n) is 10.1. The van der Waals surface area contributed by atoms with E-state index in [4.69, 9.17) is 4.74 Å². The molecule has 0 spiro atoms. The Balaban J connectivity index is 1.46. The largest absolute Gasteiger partial charge is 0.465 e. The maximum Gasteiger partial charge on any atom is 0.337 e. The van der Waals surface area contributed by atoms with Gasteiger partial charge in [-0.3, -0.25) is 0 Å². The zero-order valence-electron chi connectivity index (χ0n) is 19.5. The molecule has 0 aliphatic heterocycles. The molecule has 2 aliphatic rings. The summed E-state index contributed by atoms with van der Waals surface area (Å²) in [5.74, 6) is 0.205. The molecule has 2 fully saturated rings. The maximum absolute atomic E-state index is 15.1. The van der Waals surface area contributed by atoms with Crippen molar-refractivity contribution in [2.45, 2.75) is 83.5 Å². The van der Waals surface area contributed by atoms with Gasteiger partial charge in [0, 0.05) is 5.39 Å². The summed E-state index contributed by atoms with van der Waals surface area (Å²) in [6.45, 7) is 2.26. The molecule has 2 saturated carbocycles. The molecule has 32 heavy (non-hydrogen) atoms. The Labute approximate surface area is 190 Å². The van der Waals surface area contributed by atoms with Crippen LogP contribution in [0.3, 0.4) is 0 Å². The number of carbonyl (C=O) groups is 1. The second kappa shape index (κ2) is 10.3. The SMILES string of the molecule is CCCCCCC1CC[C@@H]2CC(c3cc4ccc(C(=O)OC)cc4c(F)c3F)CC[C@H]2C1. The van der Waals surface area contributed by atoms with Crippen molar-refractivity contribution in [1.82, 2.24) is 0 Å². The fourth-order valence-corrected chi connectivity index (χ4v) is 6.28. The van der Waals surface area contributed by atoms with Crippen molar-refractivity contribution < 1.29 is 18.3 Å². The van der Waals surface area contributed by atoms with Gasteiger partial charge in [0.15, 0.2) is 11.6 Å². The van der Waals surface area contributed by atoms with Gasteiger partial charge in [0.1, 0.15) is 0 Å². The fraction of sp³-hybridized carbons (Fsp3) is 0.607. The smallest absolute Gasteiger partial charge is 0.337 e. The Morgan fingerprint density at radius 1 is 0.969 bits per heavy atom. The third kappa shape index (κ3) is 4.84. The van der Waals surface area contributed by atoms with Gasteiger partial charge >= 0.3 is 5.97 Å². The number of halogens is 2. The number of fused-ring (bicyclic) bond motifs is 2. The van der Waals surface area contributed by atoms with Crippen molar-refractivity contribution in [3.05, 3.63) is 47.0 Å². The highest BCUT2D eigenvalue weighted by Crippen LogP contribution is 2.49. The van der Waals surface area contributed by atoms with Crippen LogP contribution in [0.1, 0.15) is 99.4 Å². The lowest BCUT2D eigenvalue weighted by Crippen LogP contribution is -2.30. The highest BCUT2D eigenvalue weighted by Gasteiger charge is 2.37. The quantitative estimate of drug-likeness (QED) is 0.319. The number of ether oxygens (including phenoxy) is 1. The highest BCUT2D eigenvalue weighted by atomic mass is 19.2. The summed E-state index contributed by atoms with van der Waals surface area (Å²) >= 11 is 0. The van der Waals surface area contributed by atoms with E-state index >= 15 is 4.39 Å². The number of methoxy groups -OCH3 is 1. The normalized spacial score (nSPS) is 25.5. The lowest BCUT2D eigenvalue weighted by Gasteiger charge is -2.42. The number of rotatable bonds is 7. The van der Waals surface area contributed by atoms with Gasteiger partial charge in [-0.2, -0.15) is 0 Å². The molecule has 0 bridgehead atoms. The van der Waals surface area contributed by atoms with Crippen LogP contribution in [0, 0.1) is 29.4 Å². The van der Waals surface area contributed by atoms with Gasteiger partial charge in [-0.1, -0.05) is 51.5 Å². The third-order valence-electron chi connectivity index (χ3n) is 8.10. The van der Waals surface area contributed by atoms with Crippen molar-refractivity contribution >= 4 is 16.7 Å². The number of hydrogen-bond donors (Lipinski definition) is 0. The van der Waals surface area contributed by atoms with Crippen LogP contribution in [0.2, 0.25) is 0 Å². The molecular weight excluding hydrogens is 406 g/mol. The molecule has 0 N–H and O–H groups in total. The molecule has 2 aromatic carbocycles. The molecule has 0 aromatic heterocycles. The Bertz CT molecular complexity index is 954. The van der Waals surface area contributed by atoms with Crippen LogP contribution in [0.15, 0.2) is 24.3 Å². The molecular formula is C28H36F2O2. The van der Waals surface area contributed by atoms with E-state index in [0.29, 0.717) is 16.9 Å².